The predicted octanol–water partition coefficient (Wildman–Crippen LogP) is 3.00. The molecule has 0 unspecified atom stereocenters. The van der Waals surface area contributed by atoms with Crippen molar-refractivity contribution in [3.8, 4) is 12.1 Å². The second-order valence-corrected chi connectivity index (χ2v) is 7.45. The minimum atomic E-state index is -0.0592. The number of aromatic nitrogens is 2. The van der Waals surface area contributed by atoms with Gasteiger partial charge in [0.1, 0.15) is 23.5 Å². The Kier molecular flexibility index (Phi) is 4.72. The molecule has 8 heteroatoms. The van der Waals surface area contributed by atoms with Crippen LogP contribution in [0.3, 0.4) is 0 Å². The zero-order chi connectivity index (χ0) is 17.1. The summed E-state index contributed by atoms with van der Waals surface area (Å²) in [6, 6.07) is 8.12. The fourth-order valence-corrected chi connectivity index (χ4v) is 4.27. The third kappa shape index (κ3) is 3.22. The van der Waals surface area contributed by atoms with Gasteiger partial charge >= 0.3 is 0 Å². The van der Waals surface area contributed by atoms with Crippen molar-refractivity contribution in [3.05, 3.63) is 38.7 Å². The second kappa shape index (κ2) is 6.93. The van der Waals surface area contributed by atoms with Crippen molar-refractivity contribution in [2.45, 2.75) is 25.9 Å². The summed E-state index contributed by atoms with van der Waals surface area (Å²) in [4.78, 5) is 10.6. The van der Waals surface area contributed by atoms with Crippen LogP contribution in [0, 0.1) is 22.7 Å². The normalized spacial score (nSPS) is 11.8. The largest absolute Gasteiger partial charge is 0.364 e. The molecule has 6 nitrogen and oxygen atoms in total. The summed E-state index contributed by atoms with van der Waals surface area (Å²) in [6.45, 7) is 2.50. The lowest BCUT2D eigenvalue weighted by Gasteiger charge is -2.05. The van der Waals surface area contributed by atoms with Crippen LogP contribution in [0.2, 0.25) is 0 Å². The maximum atomic E-state index is 9.51. The lowest BCUT2D eigenvalue weighted by Crippen LogP contribution is -2.17. The molecule has 0 saturated carbocycles. The Morgan fingerprint density at radius 1 is 1.33 bits per heavy atom. The van der Waals surface area contributed by atoms with E-state index in [4.69, 9.17) is 5.73 Å². The molecule has 3 aromatic heterocycles. The summed E-state index contributed by atoms with van der Waals surface area (Å²) in [5, 5.41) is 24.0. The molecule has 0 radical (unpaired) electrons. The summed E-state index contributed by atoms with van der Waals surface area (Å²) in [7, 11) is 0. The first kappa shape index (κ1) is 16.3. The van der Waals surface area contributed by atoms with E-state index in [1.807, 2.05) is 30.5 Å². The van der Waals surface area contributed by atoms with Gasteiger partial charge in [0, 0.05) is 15.8 Å². The van der Waals surface area contributed by atoms with Gasteiger partial charge in [-0.25, -0.2) is 9.97 Å². The van der Waals surface area contributed by atoms with E-state index in [1.165, 1.54) is 11.3 Å². The molecule has 0 aromatic carbocycles. The van der Waals surface area contributed by atoms with E-state index in [0.717, 1.165) is 14.5 Å². The molecule has 0 aliphatic heterocycles. The van der Waals surface area contributed by atoms with E-state index >= 15 is 0 Å². The molecular weight excluding hydrogens is 340 g/mol. The van der Waals surface area contributed by atoms with E-state index in [1.54, 1.807) is 11.3 Å². The Morgan fingerprint density at radius 2 is 2.17 bits per heavy atom. The van der Waals surface area contributed by atoms with Crippen molar-refractivity contribution in [2.75, 3.05) is 5.32 Å². The third-order valence-electron chi connectivity index (χ3n) is 3.34. The van der Waals surface area contributed by atoms with Gasteiger partial charge in [0.25, 0.3) is 0 Å². The van der Waals surface area contributed by atoms with Crippen LogP contribution in [-0.2, 0) is 13.0 Å². The summed E-state index contributed by atoms with van der Waals surface area (Å²) in [6.07, 6.45) is 0.593. The number of thiophene rings is 2. The molecule has 0 aliphatic carbocycles. The molecule has 3 aromatic rings. The summed E-state index contributed by atoms with van der Waals surface area (Å²) >= 11 is 3.11. The highest BCUT2D eigenvalue weighted by Gasteiger charge is 2.19. The first-order valence-corrected chi connectivity index (χ1v) is 8.97. The van der Waals surface area contributed by atoms with Crippen molar-refractivity contribution in [1.82, 2.24) is 9.97 Å². The van der Waals surface area contributed by atoms with Crippen LogP contribution >= 0.6 is 22.7 Å². The maximum Gasteiger partial charge on any atom is 0.234 e. The van der Waals surface area contributed by atoms with E-state index < -0.39 is 0 Å². The number of nitrogens with one attached hydrogen (secondary N) is 1. The summed E-state index contributed by atoms with van der Waals surface area (Å²) in [5.41, 5.74) is 6.90. The smallest absolute Gasteiger partial charge is 0.234 e. The number of nitriles is 2. The average Bonchev–Trinajstić information content (AvgIpc) is 3.18. The highest BCUT2D eigenvalue weighted by molar-refractivity contribution is 7.19. The number of hydrogen-bond donors (Lipinski definition) is 2. The number of nitrogens with zero attached hydrogens (tertiary/aromatic N) is 4. The fraction of sp³-hybridized carbons (Fsp3) is 0.250. The van der Waals surface area contributed by atoms with Gasteiger partial charge in [-0.1, -0.05) is 6.07 Å². The Balaban J connectivity index is 2.08. The van der Waals surface area contributed by atoms with Crippen molar-refractivity contribution >= 4 is 38.7 Å². The molecule has 0 bridgehead atoms. The molecule has 0 fully saturated rings. The average molecular weight is 354 g/mol. The van der Waals surface area contributed by atoms with Crippen molar-refractivity contribution < 1.29 is 0 Å². The minimum Gasteiger partial charge on any atom is -0.364 e. The SMILES string of the molecule is C[C@H](N)Cc1sc2c(NCc3cccs3)nc(C#N)nc2c1C#N. The summed E-state index contributed by atoms with van der Waals surface area (Å²) < 4.78 is 0.790. The van der Waals surface area contributed by atoms with Crippen LogP contribution in [0.25, 0.3) is 10.2 Å². The Hall–Kier alpha value is -2.52. The Labute approximate surface area is 147 Å². The molecule has 3 rings (SSSR count). The number of hydrogen-bond acceptors (Lipinski definition) is 8. The first-order valence-electron chi connectivity index (χ1n) is 7.27. The second-order valence-electron chi connectivity index (χ2n) is 5.31. The zero-order valence-corrected chi connectivity index (χ0v) is 14.5. The van der Waals surface area contributed by atoms with Crippen LogP contribution in [0.4, 0.5) is 5.82 Å². The quantitative estimate of drug-likeness (QED) is 0.728. The summed E-state index contributed by atoms with van der Waals surface area (Å²) in [5.74, 6) is 0.639. The van der Waals surface area contributed by atoms with Crippen LogP contribution in [0.1, 0.15) is 28.1 Å². The number of nitrogens with two attached hydrogens (primary N) is 1. The molecule has 24 heavy (non-hydrogen) atoms. The molecule has 0 saturated heterocycles. The molecule has 0 spiro atoms. The van der Waals surface area contributed by atoms with Crippen LogP contribution in [0.15, 0.2) is 17.5 Å². The van der Waals surface area contributed by atoms with Gasteiger partial charge in [-0.05, 0) is 24.8 Å². The number of anilines is 1. The standard InChI is InChI=1S/C16H14N6S2/c1-9(19)5-12-11(6-17)14-15(24-12)16(22-13(7-18)21-14)20-8-10-3-2-4-23-10/h2-4,9H,5,8,19H2,1H3,(H,20,21,22)/t9-/m0/s1. The Bertz CT molecular complexity index is 944. The van der Waals surface area contributed by atoms with E-state index in [-0.39, 0.29) is 11.9 Å². The highest BCUT2D eigenvalue weighted by Crippen LogP contribution is 2.35. The van der Waals surface area contributed by atoms with E-state index in [2.05, 4.69) is 21.4 Å². The predicted molar refractivity (Wildman–Crippen MR) is 95.8 cm³/mol. The zero-order valence-electron chi connectivity index (χ0n) is 12.9. The third-order valence-corrected chi connectivity index (χ3v) is 5.42. The van der Waals surface area contributed by atoms with Gasteiger partial charge < -0.3 is 11.1 Å². The lowest BCUT2D eigenvalue weighted by molar-refractivity contribution is 0.746. The van der Waals surface area contributed by atoms with Gasteiger partial charge in [-0.3, -0.25) is 0 Å². The van der Waals surface area contributed by atoms with Gasteiger partial charge in [-0.2, -0.15) is 10.5 Å². The Morgan fingerprint density at radius 3 is 2.79 bits per heavy atom. The number of fused-ring (bicyclic) bond motifs is 1. The van der Waals surface area contributed by atoms with Gasteiger partial charge in [0.2, 0.25) is 5.82 Å². The molecule has 0 aliphatic rings. The van der Waals surface area contributed by atoms with Crippen LogP contribution in [-0.4, -0.2) is 16.0 Å². The van der Waals surface area contributed by atoms with Crippen molar-refractivity contribution in [3.63, 3.8) is 0 Å². The maximum absolute atomic E-state index is 9.51. The first-order chi connectivity index (χ1) is 11.6. The minimum absolute atomic E-state index is 0.0535. The van der Waals surface area contributed by atoms with Gasteiger partial charge in [0.05, 0.1) is 16.8 Å². The van der Waals surface area contributed by atoms with Crippen molar-refractivity contribution in [1.29, 1.82) is 10.5 Å². The molecule has 1 atom stereocenters. The van der Waals surface area contributed by atoms with E-state index in [9.17, 15) is 10.5 Å². The van der Waals surface area contributed by atoms with Gasteiger partial charge in [0.15, 0.2) is 0 Å². The fourth-order valence-electron chi connectivity index (χ4n) is 2.33. The molecular formula is C16H14N6S2. The lowest BCUT2D eigenvalue weighted by atomic mass is 10.1. The molecule has 0 amide bonds. The highest BCUT2D eigenvalue weighted by atomic mass is 32.1. The molecule has 3 N–H and O–H groups in total. The van der Waals surface area contributed by atoms with Crippen LogP contribution < -0.4 is 11.1 Å². The topological polar surface area (TPSA) is 111 Å². The molecule has 3 heterocycles. The number of rotatable bonds is 5. The van der Waals surface area contributed by atoms with E-state index in [0.29, 0.717) is 29.9 Å². The van der Waals surface area contributed by atoms with Crippen LogP contribution in [0.5, 0.6) is 0 Å². The molecule has 120 valence electrons. The van der Waals surface area contributed by atoms with Gasteiger partial charge in [-0.15, -0.1) is 22.7 Å². The van der Waals surface area contributed by atoms with Crippen molar-refractivity contribution in [2.24, 2.45) is 5.73 Å². The monoisotopic (exact) mass is 354 g/mol.